The third kappa shape index (κ3) is 3.60. The lowest BCUT2D eigenvalue weighted by Gasteiger charge is -2.24. The third-order valence-electron chi connectivity index (χ3n) is 6.04. The number of methoxy groups -OCH3 is 1. The van der Waals surface area contributed by atoms with Gasteiger partial charge >= 0.3 is 6.03 Å². The normalized spacial score (nSPS) is 21.8. The minimum atomic E-state index is -1.00. The predicted octanol–water partition coefficient (Wildman–Crippen LogP) is 1.62. The van der Waals surface area contributed by atoms with Gasteiger partial charge in [-0.05, 0) is 67.1 Å². The van der Waals surface area contributed by atoms with Gasteiger partial charge in [0.1, 0.15) is 17.8 Å². The van der Waals surface area contributed by atoms with E-state index in [1.807, 2.05) is 44.3 Å². The summed E-state index contributed by atoms with van der Waals surface area (Å²) in [6.45, 7) is 2.83. The van der Waals surface area contributed by atoms with Crippen LogP contribution in [0.4, 0.5) is 4.79 Å². The number of nitrogens with one attached hydrogen (secondary N) is 2. The monoisotopic (exact) mass is 394 g/mol. The second kappa shape index (κ2) is 7.52. The first-order valence-electron chi connectivity index (χ1n) is 10.1. The molecule has 2 aromatic rings. The number of carbonyl (C=O) groups excluding carboxylic acids is 2. The number of aryl methyl sites for hydroxylation is 2. The van der Waals surface area contributed by atoms with Crippen LogP contribution in [-0.4, -0.2) is 37.7 Å². The lowest BCUT2D eigenvalue weighted by Crippen LogP contribution is -3.09. The zero-order chi connectivity index (χ0) is 20.6. The summed E-state index contributed by atoms with van der Waals surface area (Å²) >= 11 is 0. The molecule has 6 nitrogen and oxygen atoms in total. The molecule has 0 aromatic heterocycles. The number of benzene rings is 2. The molecule has 6 heteroatoms. The van der Waals surface area contributed by atoms with Gasteiger partial charge < -0.3 is 15.0 Å². The number of carbonyl (C=O) groups is 2. The average Bonchev–Trinajstić information content (AvgIpc) is 3.27. The molecule has 29 heavy (non-hydrogen) atoms. The summed E-state index contributed by atoms with van der Waals surface area (Å²) in [6.07, 6.45) is 3.29. The fourth-order valence-corrected chi connectivity index (χ4v) is 4.34. The molecule has 3 amide bonds. The molecule has 1 unspecified atom stereocenters. The van der Waals surface area contributed by atoms with Gasteiger partial charge in [0, 0.05) is 5.56 Å². The van der Waals surface area contributed by atoms with Crippen LogP contribution in [-0.2, 0) is 29.7 Å². The predicted molar refractivity (Wildman–Crippen MR) is 110 cm³/mol. The molecule has 1 fully saturated rings. The Morgan fingerprint density at radius 2 is 1.83 bits per heavy atom. The molecule has 2 atom stereocenters. The second-order valence-corrected chi connectivity index (χ2v) is 8.27. The smallest absolute Gasteiger partial charge is 0.329 e. The minimum Gasteiger partial charge on any atom is -0.497 e. The van der Waals surface area contributed by atoms with Crippen molar-refractivity contribution in [1.29, 1.82) is 0 Å². The van der Waals surface area contributed by atoms with Crippen molar-refractivity contribution >= 4 is 11.9 Å². The zero-order valence-corrected chi connectivity index (χ0v) is 17.2. The van der Waals surface area contributed by atoms with Gasteiger partial charge in [0.05, 0.1) is 14.2 Å². The van der Waals surface area contributed by atoms with Crippen molar-refractivity contribution in [3.8, 4) is 5.75 Å². The Labute approximate surface area is 171 Å². The van der Waals surface area contributed by atoms with Crippen molar-refractivity contribution in [3.05, 3.63) is 64.7 Å². The van der Waals surface area contributed by atoms with E-state index in [0.29, 0.717) is 13.2 Å². The van der Waals surface area contributed by atoms with E-state index in [4.69, 9.17) is 4.74 Å². The number of fused-ring (bicyclic) bond motifs is 1. The number of hydrogen-bond donors (Lipinski definition) is 2. The highest BCUT2D eigenvalue weighted by molar-refractivity contribution is 6.07. The van der Waals surface area contributed by atoms with Crippen molar-refractivity contribution in [2.45, 2.75) is 38.3 Å². The molecule has 0 radical (unpaired) electrons. The van der Waals surface area contributed by atoms with Crippen molar-refractivity contribution in [2.24, 2.45) is 0 Å². The fraction of sp³-hybridized carbons (Fsp3) is 0.391. The Balaban J connectivity index is 1.47. The van der Waals surface area contributed by atoms with Crippen molar-refractivity contribution in [3.63, 3.8) is 0 Å². The topological polar surface area (TPSA) is 63.1 Å². The molecule has 2 aliphatic rings. The third-order valence-corrected chi connectivity index (χ3v) is 6.04. The molecular weight excluding hydrogens is 366 g/mol. The van der Waals surface area contributed by atoms with Gasteiger partial charge in [0.15, 0.2) is 6.67 Å². The number of rotatable bonds is 6. The van der Waals surface area contributed by atoms with E-state index in [9.17, 15) is 9.59 Å². The summed E-state index contributed by atoms with van der Waals surface area (Å²) in [6, 6.07) is 13.7. The summed E-state index contributed by atoms with van der Waals surface area (Å²) in [7, 11) is 3.62. The maximum atomic E-state index is 13.2. The number of amides is 3. The van der Waals surface area contributed by atoms with Crippen molar-refractivity contribution in [1.82, 2.24) is 10.2 Å². The van der Waals surface area contributed by atoms with E-state index < -0.39 is 5.54 Å². The quantitative estimate of drug-likeness (QED) is 0.732. The van der Waals surface area contributed by atoms with E-state index in [-0.39, 0.29) is 11.9 Å². The summed E-state index contributed by atoms with van der Waals surface area (Å²) in [4.78, 5) is 28.3. The maximum Gasteiger partial charge on any atom is 0.329 e. The van der Waals surface area contributed by atoms with E-state index in [0.717, 1.165) is 41.0 Å². The molecule has 2 aromatic carbocycles. The molecule has 0 saturated carbocycles. The fourth-order valence-electron chi connectivity index (χ4n) is 4.34. The first kappa shape index (κ1) is 19.5. The van der Waals surface area contributed by atoms with E-state index in [1.54, 1.807) is 7.11 Å². The van der Waals surface area contributed by atoms with Gasteiger partial charge in [-0.1, -0.05) is 18.2 Å². The summed E-state index contributed by atoms with van der Waals surface area (Å²) in [5, 5.41) is 2.93. The SMILES string of the molecule is COc1ccc(C[NH+](C)CN2C(=O)N[C@@](C)(c3ccc4c(c3)CCC4)C2=O)cc1. The second-order valence-electron chi connectivity index (χ2n) is 8.27. The van der Waals surface area contributed by atoms with Crippen LogP contribution in [0.3, 0.4) is 0 Å². The molecule has 2 N–H and O–H groups in total. The first-order chi connectivity index (χ1) is 13.9. The van der Waals surface area contributed by atoms with Crippen LogP contribution < -0.4 is 15.0 Å². The van der Waals surface area contributed by atoms with Crippen LogP contribution in [0.1, 0.15) is 35.6 Å². The summed E-state index contributed by atoms with van der Waals surface area (Å²) < 4.78 is 5.19. The maximum absolute atomic E-state index is 13.2. The van der Waals surface area contributed by atoms with Crippen molar-refractivity contribution < 1.29 is 19.2 Å². The summed E-state index contributed by atoms with van der Waals surface area (Å²) in [5.41, 5.74) is 3.64. The van der Waals surface area contributed by atoms with Gasteiger partial charge in [-0.3, -0.25) is 4.79 Å². The van der Waals surface area contributed by atoms with Gasteiger partial charge in [0.2, 0.25) is 0 Å². The highest BCUT2D eigenvalue weighted by Gasteiger charge is 2.50. The molecule has 152 valence electrons. The zero-order valence-electron chi connectivity index (χ0n) is 17.2. The highest BCUT2D eigenvalue weighted by Crippen LogP contribution is 2.32. The van der Waals surface area contributed by atoms with Gasteiger partial charge in [-0.2, -0.15) is 0 Å². The first-order valence-corrected chi connectivity index (χ1v) is 10.1. The van der Waals surface area contributed by atoms with Crippen molar-refractivity contribution in [2.75, 3.05) is 20.8 Å². The standard InChI is InChI=1S/C23H27N3O3/c1-23(19-10-9-17-5-4-6-18(17)13-19)21(27)26(22(28)24-23)15-25(2)14-16-7-11-20(29-3)12-8-16/h7-13H,4-6,14-15H2,1-3H3,(H,24,28)/p+1/t23-/m0/s1. The average molecular weight is 394 g/mol. The molecular formula is C23H28N3O3+. The number of nitrogens with zero attached hydrogens (tertiary/aromatic N) is 1. The van der Waals surface area contributed by atoms with Crippen LogP contribution in [0, 0.1) is 0 Å². The van der Waals surface area contributed by atoms with Crippen LogP contribution in [0.15, 0.2) is 42.5 Å². The highest BCUT2D eigenvalue weighted by atomic mass is 16.5. The Morgan fingerprint density at radius 1 is 1.10 bits per heavy atom. The largest absolute Gasteiger partial charge is 0.497 e. The number of imide groups is 1. The minimum absolute atomic E-state index is 0.186. The van der Waals surface area contributed by atoms with Crippen LogP contribution >= 0.6 is 0 Å². The van der Waals surface area contributed by atoms with Gasteiger partial charge in [-0.25, -0.2) is 9.69 Å². The van der Waals surface area contributed by atoms with E-state index in [2.05, 4.69) is 17.4 Å². The Kier molecular flexibility index (Phi) is 5.04. The number of hydrogen-bond acceptors (Lipinski definition) is 3. The van der Waals surface area contributed by atoms with Gasteiger partial charge in [0.25, 0.3) is 5.91 Å². The van der Waals surface area contributed by atoms with E-state index in [1.165, 1.54) is 16.0 Å². The Bertz CT molecular complexity index is 941. The number of quaternary nitrogens is 1. The van der Waals surface area contributed by atoms with E-state index >= 15 is 0 Å². The Morgan fingerprint density at radius 3 is 2.55 bits per heavy atom. The number of ether oxygens (including phenoxy) is 1. The number of urea groups is 1. The molecule has 1 heterocycles. The van der Waals surface area contributed by atoms with Crippen LogP contribution in [0.5, 0.6) is 5.75 Å². The lowest BCUT2D eigenvalue weighted by atomic mass is 9.90. The molecule has 0 spiro atoms. The molecule has 1 aliphatic heterocycles. The Hall–Kier alpha value is -2.86. The lowest BCUT2D eigenvalue weighted by molar-refractivity contribution is -0.901. The van der Waals surface area contributed by atoms with Crippen LogP contribution in [0.25, 0.3) is 0 Å². The molecule has 0 bridgehead atoms. The molecule has 1 aliphatic carbocycles. The van der Waals surface area contributed by atoms with Crippen LogP contribution in [0.2, 0.25) is 0 Å². The molecule has 1 saturated heterocycles. The summed E-state index contributed by atoms with van der Waals surface area (Å²) in [5.74, 6) is 0.625. The molecule has 4 rings (SSSR count). The van der Waals surface area contributed by atoms with Gasteiger partial charge in [-0.15, -0.1) is 0 Å².